The van der Waals surface area contributed by atoms with Crippen molar-refractivity contribution in [1.29, 1.82) is 0 Å². The third-order valence-corrected chi connectivity index (χ3v) is 4.75. The van der Waals surface area contributed by atoms with Crippen LogP contribution < -0.4 is 0 Å². The Morgan fingerprint density at radius 3 is 0.885 bits per heavy atom. The molecule has 0 aromatic carbocycles. The summed E-state index contributed by atoms with van der Waals surface area (Å²) in [5.74, 6) is 0. The number of unbranched alkanes of at least 4 members (excludes halogenated alkanes) is 4. The zero-order valence-corrected chi connectivity index (χ0v) is 31.9. The van der Waals surface area contributed by atoms with Crippen LogP contribution in [0.25, 0.3) is 0 Å². The molecular formula is C18H44Bi2N2S4. The fourth-order valence-electron chi connectivity index (χ4n) is 2.00. The van der Waals surface area contributed by atoms with E-state index in [9.17, 15) is 0 Å². The van der Waals surface area contributed by atoms with Gasteiger partial charge in [0.15, 0.2) is 0 Å². The molecule has 0 N–H and O–H groups in total. The normalized spacial score (nSPS) is 9.15. The second-order valence-corrected chi connectivity index (χ2v) is 8.18. The van der Waals surface area contributed by atoms with Gasteiger partial charge < -0.3 is 9.80 Å². The number of thiol groups is 2. The summed E-state index contributed by atoms with van der Waals surface area (Å²) in [5, 5.41) is 0. The maximum atomic E-state index is 5.03. The molecular weight excluding hydrogens is 790 g/mol. The molecule has 0 bridgehead atoms. The van der Waals surface area contributed by atoms with E-state index < -0.39 is 0 Å². The van der Waals surface area contributed by atoms with E-state index >= 15 is 0 Å². The van der Waals surface area contributed by atoms with Crippen LogP contribution in [-0.2, 0) is 0 Å². The van der Waals surface area contributed by atoms with Gasteiger partial charge in [-0.15, -0.1) is 25.3 Å². The summed E-state index contributed by atoms with van der Waals surface area (Å²) < 4.78 is 1.49. The Kier molecular flexibility index (Phi) is 37.4. The quantitative estimate of drug-likeness (QED) is 0.176. The Bertz CT molecular complexity index is 276. The average molecular weight is 835 g/mol. The number of thiocarbonyl (C=S) groups is 2. The second-order valence-electron chi connectivity index (χ2n) is 5.95. The molecule has 0 saturated carbocycles. The topological polar surface area (TPSA) is 6.48 Å². The van der Waals surface area contributed by atoms with Crippen molar-refractivity contribution in [1.82, 2.24) is 9.80 Å². The Hall–Kier alpha value is 2.25. The van der Waals surface area contributed by atoms with Crippen molar-refractivity contribution in [3.05, 3.63) is 0 Å². The standard InChI is InChI=1S/2C9H19NS2.2Bi.6H/c2*1-3-5-7-10(9(11)12)8-6-4-2;;;;;;;;/h2*3-8H2,1-2H3,(H,11,12);;;;;;;;. The van der Waals surface area contributed by atoms with Gasteiger partial charge in [-0.3, -0.25) is 0 Å². The van der Waals surface area contributed by atoms with Crippen molar-refractivity contribution in [2.24, 2.45) is 0 Å². The number of nitrogens with zero attached hydrogens (tertiary/aromatic N) is 2. The molecule has 0 heterocycles. The molecule has 8 heteroatoms. The molecule has 0 aliphatic rings. The van der Waals surface area contributed by atoms with Gasteiger partial charge in [-0.1, -0.05) is 77.8 Å². The molecule has 0 unspecified atom stereocenters. The minimum absolute atomic E-state index is 0. The van der Waals surface area contributed by atoms with Crippen molar-refractivity contribution in [3.63, 3.8) is 0 Å². The monoisotopic (exact) mass is 834 g/mol. The maximum absolute atomic E-state index is 5.03. The van der Waals surface area contributed by atoms with E-state index in [1.165, 1.54) is 51.4 Å². The molecule has 0 aliphatic carbocycles. The molecule has 0 fully saturated rings. The molecule has 0 rings (SSSR count). The summed E-state index contributed by atoms with van der Waals surface area (Å²) in [6, 6.07) is 0. The van der Waals surface area contributed by atoms with Gasteiger partial charge in [-0.05, 0) is 25.7 Å². The molecule has 0 radical (unpaired) electrons. The van der Waals surface area contributed by atoms with E-state index in [-0.39, 0.29) is 52.4 Å². The molecule has 26 heavy (non-hydrogen) atoms. The van der Waals surface area contributed by atoms with Crippen molar-refractivity contribution in [3.8, 4) is 0 Å². The first-order valence-electron chi connectivity index (χ1n) is 9.40. The SMILES string of the molecule is CCCCN(CCCC)C(=S)S.CCCCN(CCCC)C(=S)S.[BiH3].[BiH3]. The van der Waals surface area contributed by atoms with E-state index in [0.717, 1.165) is 34.8 Å². The first-order valence-corrected chi connectivity index (χ1v) is 11.1. The fraction of sp³-hybridized carbons (Fsp3) is 0.889. The average Bonchev–Trinajstić information content (AvgIpc) is 2.55. The van der Waals surface area contributed by atoms with Crippen LogP contribution in [0.5, 0.6) is 0 Å². The van der Waals surface area contributed by atoms with Crippen molar-refractivity contribution in [2.75, 3.05) is 26.2 Å². The van der Waals surface area contributed by atoms with Gasteiger partial charge in [0.25, 0.3) is 0 Å². The Morgan fingerprint density at radius 1 is 0.577 bits per heavy atom. The summed E-state index contributed by atoms with van der Waals surface area (Å²) in [4.78, 5) is 4.37. The van der Waals surface area contributed by atoms with Gasteiger partial charge in [0.2, 0.25) is 0 Å². The van der Waals surface area contributed by atoms with Crippen LogP contribution in [0.3, 0.4) is 0 Å². The fourth-order valence-corrected chi connectivity index (χ4v) is 2.77. The van der Waals surface area contributed by atoms with Gasteiger partial charge in [-0.2, -0.15) is 0 Å². The van der Waals surface area contributed by atoms with Crippen LogP contribution in [0.2, 0.25) is 0 Å². The van der Waals surface area contributed by atoms with E-state index in [0.29, 0.717) is 0 Å². The third kappa shape index (κ3) is 24.3. The van der Waals surface area contributed by atoms with E-state index in [4.69, 9.17) is 24.4 Å². The van der Waals surface area contributed by atoms with Crippen molar-refractivity contribution >= 4 is 111 Å². The zero-order chi connectivity index (χ0) is 18.8. The first-order chi connectivity index (χ1) is 11.4. The molecule has 0 amide bonds. The van der Waals surface area contributed by atoms with Gasteiger partial charge >= 0.3 is 52.4 Å². The molecule has 160 valence electrons. The van der Waals surface area contributed by atoms with E-state index in [2.05, 4.69) is 62.8 Å². The van der Waals surface area contributed by atoms with Crippen LogP contribution in [0, 0.1) is 0 Å². The first kappa shape index (κ1) is 35.7. The Balaban J connectivity index is -0.000000173. The predicted molar refractivity (Wildman–Crippen MR) is 146 cm³/mol. The molecule has 0 saturated heterocycles. The van der Waals surface area contributed by atoms with E-state index in [1.54, 1.807) is 0 Å². The molecule has 0 atom stereocenters. The molecule has 2 nitrogen and oxygen atoms in total. The van der Waals surface area contributed by atoms with Gasteiger partial charge in [0.1, 0.15) is 8.64 Å². The third-order valence-electron chi connectivity index (χ3n) is 3.67. The predicted octanol–water partition coefficient (Wildman–Crippen LogP) is 3.84. The second kappa shape index (κ2) is 27.2. The van der Waals surface area contributed by atoms with Crippen LogP contribution in [-0.4, -0.2) is 97.0 Å². The molecule has 0 aromatic rings. The number of hydrogen-bond acceptors (Lipinski definition) is 2. The van der Waals surface area contributed by atoms with Crippen LogP contribution in [0.1, 0.15) is 79.1 Å². The van der Waals surface area contributed by atoms with Crippen molar-refractivity contribution < 1.29 is 0 Å². The molecule has 0 spiro atoms. The molecule has 0 aromatic heterocycles. The molecule has 0 aliphatic heterocycles. The van der Waals surface area contributed by atoms with E-state index in [1.807, 2.05) is 0 Å². The van der Waals surface area contributed by atoms with Crippen LogP contribution in [0.15, 0.2) is 0 Å². The van der Waals surface area contributed by atoms with Gasteiger partial charge in [-0.25, -0.2) is 0 Å². The minimum atomic E-state index is 0. The van der Waals surface area contributed by atoms with Crippen LogP contribution in [0.4, 0.5) is 0 Å². The summed E-state index contributed by atoms with van der Waals surface area (Å²) in [7, 11) is 0. The van der Waals surface area contributed by atoms with Crippen LogP contribution >= 0.6 is 49.7 Å². The number of hydrogen-bond donors (Lipinski definition) is 2. The van der Waals surface area contributed by atoms with Crippen molar-refractivity contribution in [2.45, 2.75) is 79.1 Å². The Morgan fingerprint density at radius 2 is 0.769 bits per heavy atom. The van der Waals surface area contributed by atoms with Gasteiger partial charge in [0, 0.05) is 26.2 Å². The summed E-state index contributed by atoms with van der Waals surface area (Å²) >= 11 is 18.5. The van der Waals surface area contributed by atoms with Gasteiger partial charge in [0.05, 0.1) is 0 Å². The summed E-state index contributed by atoms with van der Waals surface area (Å²) in [6.45, 7) is 13.0. The number of rotatable bonds is 12. The summed E-state index contributed by atoms with van der Waals surface area (Å²) in [5.41, 5.74) is 0. The summed E-state index contributed by atoms with van der Waals surface area (Å²) in [6.07, 6.45) is 9.74. The Labute approximate surface area is 223 Å². The zero-order valence-electron chi connectivity index (χ0n) is 17.5.